The van der Waals surface area contributed by atoms with Crippen LogP contribution in [0.3, 0.4) is 0 Å². The first-order valence-electron chi connectivity index (χ1n) is 6.83. The van der Waals surface area contributed by atoms with Gasteiger partial charge in [-0.15, -0.1) is 0 Å². The number of aliphatic hydroxyl groups is 2. The first-order chi connectivity index (χ1) is 8.56. The van der Waals surface area contributed by atoms with Gasteiger partial charge in [-0.25, -0.2) is 0 Å². The molecular weight excluding hydrogens is 232 g/mol. The van der Waals surface area contributed by atoms with Gasteiger partial charge in [-0.3, -0.25) is 4.79 Å². The minimum absolute atomic E-state index is 0.154. The first-order valence-corrected chi connectivity index (χ1v) is 6.83. The van der Waals surface area contributed by atoms with Crippen molar-refractivity contribution in [1.29, 1.82) is 0 Å². The van der Waals surface area contributed by atoms with E-state index in [1.807, 2.05) is 0 Å². The van der Waals surface area contributed by atoms with Crippen LogP contribution in [0.2, 0.25) is 0 Å². The molecular formula is C14H24O4. The summed E-state index contributed by atoms with van der Waals surface area (Å²) in [6.07, 6.45) is 7.33. The molecule has 0 aromatic carbocycles. The van der Waals surface area contributed by atoms with Crippen molar-refractivity contribution >= 4 is 5.97 Å². The van der Waals surface area contributed by atoms with Crippen molar-refractivity contribution in [2.45, 2.75) is 57.7 Å². The molecule has 0 bridgehead atoms. The molecule has 0 amide bonds. The Bertz CT molecular complexity index is 288. The van der Waals surface area contributed by atoms with E-state index in [2.05, 4.69) is 6.92 Å². The molecule has 4 unspecified atom stereocenters. The summed E-state index contributed by atoms with van der Waals surface area (Å²) in [7, 11) is 0. The number of carboxylic acids is 1. The number of carboxylic acid groups (broad SMARTS) is 1. The van der Waals surface area contributed by atoms with E-state index in [0.29, 0.717) is 12.8 Å². The molecule has 0 aromatic rings. The van der Waals surface area contributed by atoms with E-state index < -0.39 is 24.1 Å². The van der Waals surface area contributed by atoms with Gasteiger partial charge in [0.05, 0.1) is 18.1 Å². The van der Waals surface area contributed by atoms with E-state index in [1.165, 1.54) is 0 Å². The molecule has 104 valence electrons. The molecule has 1 saturated carbocycles. The van der Waals surface area contributed by atoms with E-state index in [9.17, 15) is 15.0 Å². The fourth-order valence-electron chi connectivity index (χ4n) is 2.54. The lowest BCUT2D eigenvalue weighted by Gasteiger charge is -2.14. The molecule has 1 aliphatic carbocycles. The molecule has 1 rings (SSSR count). The van der Waals surface area contributed by atoms with Gasteiger partial charge in [-0.1, -0.05) is 38.3 Å². The number of aliphatic hydroxyl groups excluding tert-OH is 2. The summed E-state index contributed by atoms with van der Waals surface area (Å²) < 4.78 is 0. The molecule has 0 saturated heterocycles. The third-order valence-corrected chi connectivity index (χ3v) is 3.64. The van der Waals surface area contributed by atoms with Crippen LogP contribution in [0.25, 0.3) is 0 Å². The lowest BCUT2D eigenvalue weighted by molar-refractivity contribution is -0.145. The predicted octanol–water partition coefficient (Wildman–Crippen LogP) is 1.96. The quantitative estimate of drug-likeness (QED) is 0.480. The molecule has 0 spiro atoms. The normalized spacial score (nSPS) is 29.8. The summed E-state index contributed by atoms with van der Waals surface area (Å²) in [6, 6.07) is 0. The van der Waals surface area contributed by atoms with Crippen molar-refractivity contribution in [3.05, 3.63) is 12.2 Å². The van der Waals surface area contributed by atoms with Gasteiger partial charge < -0.3 is 15.3 Å². The maximum atomic E-state index is 11.0. The Hall–Kier alpha value is -0.870. The van der Waals surface area contributed by atoms with Gasteiger partial charge in [-0.2, -0.15) is 0 Å². The Labute approximate surface area is 108 Å². The van der Waals surface area contributed by atoms with Crippen LogP contribution in [0.1, 0.15) is 45.4 Å². The number of allylic oxidation sites excluding steroid dienone is 1. The molecule has 4 heteroatoms. The standard InChI is InChI=1S/C14H24O4/c1-2-3-4-5-11(15)8-6-10-7-9-12(16)13(10)14(17)18/h6,8,10-13,15-16H,2-5,7,9H2,1H3,(H,17,18)/b8-6+. The van der Waals surface area contributed by atoms with Crippen LogP contribution in [-0.2, 0) is 4.79 Å². The first kappa shape index (κ1) is 15.2. The molecule has 3 N–H and O–H groups in total. The minimum Gasteiger partial charge on any atom is -0.481 e. The zero-order valence-corrected chi connectivity index (χ0v) is 11.0. The minimum atomic E-state index is -0.949. The largest absolute Gasteiger partial charge is 0.481 e. The van der Waals surface area contributed by atoms with Gasteiger partial charge in [0.25, 0.3) is 0 Å². The Morgan fingerprint density at radius 3 is 2.72 bits per heavy atom. The highest BCUT2D eigenvalue weighted by atomic mass is 16.4. The molecule has 4 atom stereocenters. The molecule has 1 aliphatic rings. The molecule has 0 aromatic heterocycles. The summed E-state index contributed by atoms with van der Waals surface area (Å²) in [4.78, 5) is 11.0. The average molecular weight is 256 g/mol. The highest BCUT2D eigenvalue weighted by Gasteiger charge is 2.38. The Morgan fingerprint density at radius 2 is 2.11 bits per heavy atom. The van der Waals surface area contributed by atoms with Crippen molar-refractivity contribution in [1.82, 2.24) is 0 Å². The smallest absolute Gasteiger partial charge is 0.309 e. The topological polar surface area (TPSA) is 77.8 Å². The monoisotopic (exact) mass is 256 g/mol. The van der Waals surface area contributed by atoms with Crippen LogP contribution in [0.4, 0.5) is 0 Å². The summed E-state index contributed by atoms with van der Waals surface area (Å²) >= 11 is 0. The van der Waals surface area contributed by atoms with Crippen LogP contribution < -0.4 is 0 Å². The Balaban J connectivity index is 2.43. The van der Waals surface area contributed by atoms with Crippen LogP contribution in [0.15, 0.2) is 12.2 Å². The molecule has 1 fully saturated rings. The lowest BCUT2D eigenvalue weighted by atomic mass is 9.94. The van der Waals surface area contributed by atoms with Gasteiger partial charge in [0.2, 0.25) is 0 Å². The van der Waals surface area contributed by atoms with Crippen LogP contribution >= 0.6 is 0 Å². The highest BCUT2D eigenvalue weighted by molar-refractivity contribution is 5.72. The van der Waals surface area contributed by atoms with Gasteiger partial charge in [0.1, 0.15) is 0 Å². The second-order valence-corrected chi connectivity index (χ2v) is 5.12. The molecule has 18 heavy (non-hydrogen) atoms. The molecule has 0 radical (unpaired) electrons. The fourth-order valence-corrected chi connectivity index (χ4v) is 2.54. The third-order valence-electron chi connectivity index (χ3n) is 3.64. The molecule has 0 heterocycles. The van der Waals surface area contributed by atoms with Crippen molar-refractivity contribution in [3.63, 3.8) is 0 Å². The van der Waals surface area contributed by atoms with E-state index in [0.717, 1.165) is 25.7 Å². The van der Waals surface area contributed by atoms with E-state index in [-0.39, 0.29) is 5.92 Å². The maximum absolute atomic E-state index is 11.0. The van der Waals surface area contributed by atoms with E-state index in [4.69, 9.17) is 5.11 Å². The number of rotatable bonds is 7. The third kappa shape index (κ3) is 4.42. The second-order valence-electron chi connectivity index (χ2n) is 5.12. The zero-order valence-electron chi connectivity index (χ0n) is 11.0. The van der Waals surface area contributed by atoms with Crippen LogP contribution in [0.5, 0.6) is 0 Å². The van der Waals surface area contributed by atoms with Crippen molar-refractivity contribution in [2.24, 2.45) is 11.8 Å². The summed E-state index contributed by atoms with van der Waals surface area (Å²) in [6.45, 7) is 2.11. The lowest BCUT2D eigenvalue weighted by Crippen LogP contribution is -2.27. The van der Waals surface area contributed by atoms with Crippen LogP contribution in [0, 0.1) is 11.8 Å². The van der Waals surface area contributed by atoms with E-state index in [1.54, 1.807) is 12.2 Å². The zero-order chi connectivity index (χ0) is 13.5. The summed E-state index contributed by atoms with van der Waals surface area (Å²) in [5.74, 6) is -1.82. The summed E-state index contributed by atoms with van der Waals surface area (Å²) in [5.41, 5.74) is 0. The SMILES string of the molecule is CCCCCC(O)/C=C/C1CCC(O)C1C(=O)O. The van der Waals surface area contributed by atoms with Gasteiger partial charge in [0, 0.05) is 0 Å². The fraction of sp³-hybridized carbons (Fsp3) is 0.786. The van der Waals surface area contributed by atoms with E-state index >= 15 is 0 Å². The number of aliphatic carboxylic acids is 1. The maximum Gasteiger partial charge on any atom is 0.309 e. The van der Waals surface area contributed by atoms with Crippen molar-refractivity contribution in [2.75, 3.05) is 0 Å². The Morgan fingerprint density at radius 1 is 1.39 bits per heavy atom. The average Bonchev–Trinajstić information content (AvgIpc) is 2.68. The van der Waals surface area contributed by atoms with Gasteiger partial charge in [0.15, 0.2) is 0 Å². The number of unbranched alkanes of at least 4 members (excludes halogenated alkanes) is 2. The van der Waals surface area contributed by atoms with Crippen molar-refractivity contribution in [3.8, 4) is 0 Å². The van der Waals surface area contributed by atoms with Gasteiger partial charge in [-0.05, 0) is 25.2 Å². The van der Waals surface area contributed by atoms with Crippen LogP contribution in [-0.4, -0.2) is 33.5 Å². The second kappa shape index (κ2) is 7.54. The molecule has 0 aliphatic heterocycles. The predicted molar refractivity (Wildman–Crippen MR) is 69.1 cm³/mol. The highest BCUT2D eigenvalue weighted by Crippen LogP contribution is 2.33. The number of hydrogen-bond donors (Lipinski definition) is 3. The number of carbonyl (C=O) groups is 1. The molecule has 4 nitrogen and oxygen atoms in total. The summed E-state index contributed by atoms with van der Waals surface area (Å²) in [5, 5.41) is 28.4. The Kier molecular flexibility index (Phi) is 6.36. The van der Waals surface area contributed by atoms with Gasteiger partial charge >= 0.3 is 5.97 Å². The number of hydrogen-bond acceptors (Lipinski definition) is 3. The van der Waals surface area contributed by atoms with Crippen molar-refractivity contribution < 1.29 is 20.1 Å².